The van der Waals surface area contributed by atoms with E-state index in [1.54, 1.807) is 25.1 Å². The summed E-state index contributed by atoms with van der Waals surface area (Å²) in [6.07, 6.45) is 0.758. The van der Waals surface area contributed by atoms with Gasteiger partial charge in [0.15, 0.2) is 5.01 Å². The minimum Gasteiger partial charge on any atom is -0.347 e. The number of aromatic nitrogens is 1. The van der Waals surface area contributed by atoms with E-state index in [0.29, 0.717) is 10.7 Å². The summed E-state index contributed by atoms with van der Waals surface area (Å²) < 4.78 is 0. The maximum Gasteiger partial charge on any atom is 0.313 e. The van der Waals surface area contributed by atoms with Crippen molar-refractivity contribution in [3.63, 3.8) is 0 Å². The number of carbonyl (C=O) groups is 4. The summed E-state index contributed by atoms with van der Waals surface area (Å²) in [5, 5.41) is 8.33. The fourth-order valence-corrected chi connectivity index (χ4v) is 4.55. The third-order valence-corrected chi connectivity index (χ3v) is 6.75. The van der Waals surface area contributed by atoms with Gasteiger partial charge in [-0.3, -0.25) is 19.2 Å². The largest absolute Gasteiger partial charge is 0.347 e. The van der Waals surface area contributed by atoms with Crippen LogP contribution in [0.5, 0.6) is 0 Å². The molecule has 1 aliphatic heterocycles. The zero-order valence-electron chi connectivity index (χ0n) is 19.4. The number of nitrogens with zero attached hydrogens (tertiary/aromatic N) is 3. The number of hydrogen-bond donors (Lipinski definition) is 3. The maximum atomic E-state index is 12.8. The van der Waals surface area contributed by atoms with Gasteiger partial charge in [-0.15, -0.1) is 11.3 Å². The van der Waals surface area contributed by atoms with Crippen LogP contribution in [0.3, 0.4) is 0 Å². The van der Waals surface area contributed by atoms with Crippen molar-refractivity contribution >= 4 is 52.3 Å². The molecule has 1 aromatic heterocycles. The number of anilines is 1. The monoisotopic (exact) mass is 506 g/mol. The first-order valence-electron chi connectivity index (χ1n) is 10.6. The average molecular weight is 507 g/mol. The molecule has 4 amide bonds. The van der Waals surface area contributed by atoms with Crippen LogP contribution >= 0.6 is 22.9 Å². The second-order valence-corrected chi connectivity index (χ2v) is 9.75. The number of fused-ring (bicyclic) bond motifs is 1. The van der Waals surface area contributed by atoms with Crippen molar-refractivity contribution in [1.82, 2.24) is 25.4 Å². The molecular formula is C22H27ClN6O4S. The highest BCUT2D eigenvalue weighted by Gasteiger charge is 2.27. The Morgan fingerprint density at radius 2 is 1.97 bits per heavy atom. The lowest BCUT2D eigenvalue weighted by Crippen LogP contribution is -2.53. The van der Waals surface area contributed by atoms with Crippen molar-refractivity contribution in [2.24, 2.45) is 0 Å². The molecule has 0 spiro atoms. The lowest BCUT2D eigenvalue weighted by molar-refractivity contribution is -0.136. The van der Waals surface area contributed by atoms with Crippen LogP contribution < -0.4 is 16.0 Å². The molecule has 3 rings (SSSR count). The maximum absolute atomic E-state index is 12.8. The van der Waals surface area contributed by atoms with Gasteiger partial charge in [-0.25, -0.2) is 4.98 Å². The number of thiazole rings is 1. The van der Waals surface area contributed by atoms with Crippen LogP contribution in [-0.2, 0) is 27.3 Å². The SMILES string of the molecule is Cc1cc(NC(=O)C(=O)NCC(NC(=O)c2nc3c(s2)CN(C)CC3)C(=O)N(C)C)ccc1Cl. The van der Waals surface area contributed by atoms with Crippen molar-refractivity contribution in [3.8, 4) is 0 Å². The first kappa shape index (κ1) is 25.6. The number of nitrogens with one attached hydrogen (secondary N) is 3. The molecule has 2 heterocycles. The highest BCUT2D eigenvalue weighted by molar-refractivity contribution is 7.13. The Bertz CT molecular complexity index is 1120. The molecule has 0 aliphatic carbocycles. The highest BCUT2D eigenvalue weighted by Crippen LogP contribution is 2.24. The predicted molar refractivity (Wildman–Crippen MR) is 130 cm³/mol. The van der Waals surface area contributed by atoms with E-state index < -0.39 is 29.7 Å². The van der Waals surface area contributed by atoms with Gasteiger partial charge >= 0.3 is 11.8 Å². The molecule has 1 aliphatic rings. The van der Waals surface area contributed by atoms with Crippen molar-refractivity contribution in [2.45, 2.75) is 25.9 Å². The topological polar surface area (TPSA) is 124 Å². The lowest BCUT2D eigenvalue weighted by Gasteiger charge is -2.21. The molecule has 0 bridgehead atoms. The van der Waals surface area contributed by atoms with Gasteiger partial charge in [0.25, 0.3) is 5.91 Å². The normalized spacial score (nSPS) is 14.0. The molecule has 3 N–H and O–H groups in total. The van der Waals surface area contributed by atoms with Crippen LogP contribution in [0, 0.1) is 6.92 Å². The fraction of sp³-hybridized carbons (Fsp3) is 0.409. The molecule has 1 unspecified atom stereocenters. The minimum absolute atomic E-state index is 0.261. The summed E-state index contributed by atoms with van der Waals surface area (Å²) >= 11 is 7.26. The van der Waals surface area contributed by atoms with Crippen molar-refractivity contribution in [2.75, 3.05) is 39.5 Å². The van der Waals surface area contributed by atoms with Crippen LogP contribution in [0.2, 0.25) is 5.02 Å². The van der Waals surface area contributed by atoms with E-state index in [-0.39, 0.29) is 11.6 Å². The highest BCUT2D eigenvalue weighted by atomic mass is 35.5. The number of likely N-dealkylation sites (N-methyl/N-ethyl adjacent to an activating group) is 2. The Balaban J connectivity index is 1.62. The third-order valence-electron chi connectivity index (χ3n) is 5.25. The summed E-state index contributed by atoms with van der Waals surface area (Å²) in [4.78, 5) is 58.9. The van der Waals surface area contributed by atoms with Gasteiger partial charge in [0.05, 0.1) is 5.69 Å². The fourth-order valence-electron chi connectivity index (χ4n) is 3.34. The van der Waals surface area contributed by atoms with E-state index in [4.69, 9.17) is 11.6 Å². The van der Waals surface area contributed by atoms with Gasteiger partial charge in [0.2, 0.25) is 5.91 Å². The number of carbonyl (C=O) groups excluding carboxylic acids is 4. The third kappa shape index (κ3) is 6.31. The number of hydrogen-bond acceptors (Lipinski definition) is 7. The molecule has 0 saturated carbocycles. The van der Waals surface area contributed by atoms with Crippen LogP contribution in [0.4, 0.5) is 5.69 Å². The Labute approximate surface area is 206 Å². The van der Waals surface area contributed by atoms with Gasteiger partial charge in [0, 0.05) is 55.7 Å². The predicted octanol–water partition coefficient (Wildman–Crippen LogP) is 1.03. The summed E-state index contributed by atoms with van der Waals surface area (Å²) in [5.74, 6) is -2.77. The Hall–Kier alpha value is -3.02. The number of aryl methyl sites for hydroxylation is 1. The summed E-state index contributed by atoms with van der Waals surface area (Å²) in [7, 11) is 5.08. The molecule has 10 nitrogen and oxygen atoms in total. The number of benzene rings is 1. The Morgan fingerprint density at radius 3 is 2.65 bits per heavy atom. The van der Waals surface area contributed by atoms with Gasteiger partial charge in [-0.2, -0.15) is 0 Å². The summed E-state index contributed by atoms with van der Waals surface area (Å²) in [6.45, 7) is 3.10. The smallest absolute Gasteiger partial charge is 0.313 e. The number of halogens is 1. The molecule has 12 heteroatoms. The van der Waals surface area contributed by atoms with Gasteiger partial charge in [0.1, 0.15) is 6.04 Å². The first-order valence-corrected chi connectivity index (χ1v) is 11.8. The van der Waals surface area contributed by atoms with E-state index in [1.165, 1.54) is 30.3 Å². The van der Waals surface area contributed by atoms with Crippen molar-refractivity contribution < 1.29 is 19.2 Å². The zero-order valence-corrected chi connectivity index (χ0v) is 21.0. The van der Waals surface area contributed by atoms with E-state index in [1.807, 2.05) is 7.05 Å². The first-order chi connectivity index (χ1) is 16.0. The second-order valence-electron chi connectivity index (χ2n) is 8.26. The molecule has 1 atom stereocenters. The van der Waals surface area contributed by atoms with Crippen molar-refractivity contribution in [1.29, 1.82) is 0 Å². The Morgan fingerprint density at radius 1 is 1.24 bits per heavy atom. The van der Waals surface area contributed by atoms with E-state index >= 15 is 0 Å². The minimum atomic E-state index is -1.07. The van der Waals surface area contributed by atoms with E-state index in [0.717, 1.165) is 35.6 Å². The van der Waals surface area contributed by atoms with E-state index in [9.17, 15) is 19.2 Å². The molecule has 182 valence electrons. The van der Waals surface area contributed by atoms with Gasteiger partial charge < -0.3 is 25.8 Å². The molecular weight excluding hydrogens is 480 g/mol. The van der Waals surface area contributed by atoms with Crippen molar-refractivity contribution in [3.05, 3.63) is 44.4 Å². The molecule has 0 radical (unpaired) electrons. The summed E-state index contributed by atoms with van der Waals surface area (Å²) in [5.41, 5.74) is 2.05. The quantitative estimate of drug-likeness (QED) is 0.503. The van der Waals surface area contributed by atoms with Gasteiger partial charge in [-0.1, -0.05) is 11.6 Å². The lowest BCUT2D eigenvalue weighted by atomic mass is 10.2. The van der Waals surface area contributed by atoms with Crippen LogP contribution in [0.1, 0.15) is 25.9 Å². The Kier molecular flexibility index (Phi) is 8.24. The number of rotatable bonds is 6. The summed E-state index contributed by atoms with van der Waals surface area (Å²) in [6, 6.07) is 3.75. The second kappa shape index (κ2) is 10.9. The van der Waals surface area contributed by atoms with Gasteiger partial charge in [-0.05, 0) is 37.7 Å². The molecule has 2 aromatic rings. The molecule has 1 aromatic carbocycles. The zero-order chi connectivity index (χ0) is 25.0. The van der Waals surface area contributed by atoms with Crippen LogP contribution in [-0.4, -0.2) is 78.7 Å². The van der Waals surface area contributed by atoms with Crippen LogP contribution in [0.15, 0.2) is 18.2 Å². The molecule has 0 fully saturated rings. The van der Waals surface area contributed by atoms with E-state index in [2.05, 4.69) is 25.8 Å². The average Bonchev–Trinajstić information content (AvgIpc) is 3.21. The molecule has 34 heavy (non-hydrogen) atoms. The van der Waals surface area contributed by atoms with Crippen LogP contribution in [0.25, 0.3) is 0 Å². The standard InChI is InChI=1S/C22H27ClN6O4S/c1-12-9-13(5-6-14(12)23)25-19(31)18(30)24-10-16(22(33)28(2)3)26-20(32)21-27-15-7-8-29(4)11-17(15)34-21/h5-6,9,16H,7-8,10-11H2,1-4H3,(H,24,30)(H,25,31)(H,26,32). The number of amides is 4. The molecule has 0 saturated heterocycles.